The first kappa shape index (κ1) is 16.3. The summed E-state index contributed by atoms with van der Waals surface area (Å²) in [5.74, 6) is 0.808. The standard InChI is InChI=1S/C13H20ClN3O.ClH/c1-15-5-2-10-3-6-17(7-4-10)13(18)12-8-11(14)9-16-12;/h8-10,15-16H,2-7H2,1H3;1H. The van der Waals surface area contributed by atoms with E-state index in [1.807, 2.05) is 11.9 Å². The number of amides is 1. The number of aromatic amines is 1. The topological polar surface area (TPSA) is 48.1 Å². The lowest BCUT2D eigenvalue weighted by Crippen LogP contribution is -2.39. The molecule has 0 aliphatic carbocycles. The van der Waals surface area contributed by atoms with E-state index in [2.05, 4.69) is 10.3 Å². The number of H-pyrrole nitrogens is 1. The highest BCUT2D eigenvalue weighted by Crippen LogP contribution is 2.21. The molecule has 19 heavy (non-hydrogen) atoms. The molecule has 0 aromatic carbocycles. The number of hydrogen-bond acceptors (Lipinski definition) is 2. The van der Waals surface area contributed by atoms with E-state index in [0.717, 1.165) is 38.4 Å². The molecule has 0 unspecified atom stereocenters. The van der Waals surface area contributed by atoms with Crippen LogP contribution < -0.4 is 5.32 Å². The Balaban J connectivity index is 0.00000180. The maximum absolute atomic E-state index is 12.2. The zero-order valence-corrected chi connectivity index (χ0v) is 12.7. The maximum atomic E-state index is 12.2. The third kappa shape index (κ3) is 4.41. The maximum Gasteiger partial charge on any atom is 0.270 e. The lowest BCUT2D eigenvalue weighted by Gasteiger charge is -2.31. The Morgan fingerprint density at radius 3 is 2.74 bits per heavy atom. The number of aromatic nitrogens is 1. The molecule has 6 heteroatoms. The van der Waals surface area contributed by atoms with E-state index >= 15 is 0 Å². The molecule has 1 amide bonds. The van der Waals surface area contributed by atoms with Crippen LogP contribution in [0.3, 0.4) is 0 Å². The fourth-order valence-electron chi connectivity index (χ4n) is 2.43. The summed E-state index contributed by atoms with van der Waals surface area (Å²) in [5.41, 5.74) is 0.591. The number of carbonyl (C=O) groups excluding carboxylic acids is 1. The molecule has 1 aliphatic rings. The lowest BCUT2D eigenvalue weighted by molar-refractivity contribution is 0.0682. The molecule has 2 N–H and O–H groups in total. The smallest absolute Gasteiger partial charge is 0.270 e. The average Bonchev–Trinajstić information content (AvgIpc) is 2.83. The van der Waals surface area contributed by atoms with Crippen LogP contribution in [0.15, 0.2) is 12.3 Å². The number of hydrogen-bond donors (Lipinski definition) is 2. The van der Waals surface area contributed by atoms with Crippen molar-refractivity contribution < 1.29 is 4.79 Å². The van der Waals surface area contributed by atoms with Crippen LogP contribution in [0, 0.1) is 5.92 Å². The number of nitrogens with zero attached hydrogens (tertiary/aromatic N) is 1. The summed E-state index contributed by atoms with van der Waals surface area (Å²) in [6.07, 6.45) is 5.05. The van der Waals surface area contributed by atoms with Crippen molar-refractivity contribution in [2.75, 3.05) is 26.7 Å². The third-order valence-electron chi connectivity index (χ3n) is 3.58. The molecular formula is C13H21Cl2N3O. The van der Waals surface area contributed by atoms with Crippen LogP contribution in [0.2, 0.25) is 5.02 Å². The Morgan fingerprint density at radius 1 is 1.53 bits per heavy atom. The summed E-state index contributed by atoms with van der Waals surface area (Å²) in [7, 11) is 1.98. The molecule has 0 radical (unpaired) electrons. The molecule has 1 aliphatic heterocycles. The monoisotopic (exact) mass is 305 g/mol. The van der Waals surface area contributed by atoms with Gasteiger partial charge in [-0.1, -0.05) is 11.6 Å². The van der Waals surface area contributed by atoms with E-state index in [4.69, 9.17) is 11.6 Å². The Morgan fingerprint density at radius 2 is 2.21 bits per heavy atom. The van der Waals surface area contributed by atoms with Crippen LogP contribution in [-0.4, -0.2) is 42.5 Å². The minimum Gasteiger partial charge on any atom is -0.356 e. The molecule has 4 nitrogen and oxygen atoms in total. The molecule has 0 bridgehead atoms. The summed E-state index contributed by atoms with van der Waals surface area (Å²) in [6.45, 7) is 2.76. The summed E-state index contributed by atoms with van der Waals surface area (Å²) < 4.78 is 0. The van der Waals surface area contributed by atoms with Crippen molar-refractivity contribution in [1.29, 1.82) is 0 Å². The minimum atomic E-state index is 0. The number of likely N-dealkylation sites (tertiary alicyclic amines) is 1. The van der Waals surface area contributed by atoms with Crippen LogP contribution in [0.1, 0.15) is 29.8 Å². The highest BCUT2D eigenvalue weighted by Gasteiger charge is 2.23. The molecule has 108 valence electrons. The summed E-state index contributed by atoms with van der Waals surface area (Å²) >= 11 is 5.81. The second kappa shape index (κ2) is 7.78. The SMILES string of the molecule is CNCCC1CCN(C(=O)c2cc(Cl)c[nH]2)CC1.Cl. The van der Waals surface area contributed by atoms with Gasteiger partial charge in [-0.05, 0) is 44.8 Å². The van der Waals surface area contributed by atoms with Crippen molar-refractivity contribution >= 4 is 29.9 Å². The predicted octanol–water partition coefficient (Wildman–Crippen LogP) is 2.55. The zero-order valence-electron chi connectivity index (χ0n) is 11.1. The van der Waals surface area contributed by atoms with Crippen LogP contribution in [0.25, 0.3) is 0 Å². The van der Waals surface area contributed by atoms with Gasteiger partial charge in [0.1, 0.15) is 5.69 Å². The average molecular weight is 306 g/mol. The van der Waals surface area contributed by atoms with Crippen LogP contribution >= 0.6 is 24.0 Å². The summed E-state index contributed by atoms with van der Waals surface area (Å²) in [6, 6.07) is 1.69. The molecule has 2 rings (SSSR count). The van der Waals surface area contributed by atoms with E-state index in [1.54, 1.807) is 12.3 Å². The molecule has 0 atom stereocenters. The highest BCUT2D eigenvalue weighted by atomic mass is 35.5. The Labute approximate surface area is 125 Å². The first-order valence-electron chi connectivity index (χ1n) is 6.48. The predicted molar refractivity (Wildman–Crippen MR) is 80.2 cm³/mol. The first-order chi connectivity index (χ1) is 8.70. The van der Waals surface area contributed by atoms with E-state index in [-0.39, 0.29) is 18.3 Å². The number of rotatable bonds is 4. The minimum absolute atomic E-state index is 0. The van der Waals surface area contributed by atoms with Crippen molar-refractivity contribution in [3.8, 4) is 0 Å². The molecule has 0 saturated carbocycles. The Hall–Kier alpha value is -0.710. The van der Waals surface area contributed by atoms with Crippen molar-refractivity contribution in [3.63, 3.8) is 0 Å². The number of nitrogens with one attached hydrogen (secondary N) is 2. The highest BCUT2D eigenvalue weighted by molar-refractivity contribution is 6.30. The van der Waals surface area contributed by atoms with Crippen LogP contribution in [-0.2, 0) is 0 Å². The van der Waals surface area contributed by atoms with E-state index in [9.17, 15) is 4.79 Å². The van der Waals surface area contributed by atoms with Gasteiger partial charge in [0.25, 0.3) is 5.91 Å². The largest absolute Gasteiger partial charge is 0.356 e. The molecule has 0 spiro atoms. The van der Waals surface area contributed by atoms with E-state index < -0.39 is 0 Å². The molecule has 1 fully saturated rings. The molecular weight excluding hydrogens is 285 g/mol. The summed E-state index contributed by atoms with van der Waals surface area (Å²) in [4.78, 5) is 17.0. The second-order valence-electron chi connectivity index (χ2n) is 4.86. The van der Waals surface area contributed by atoms with Gasteiger partial charge in [0, 0.05) is 19.3 Å². The van der Waals surface area contributed by atoms with Crippen molar-refractivity contribution in [3.05, 3.63) is 23.0 Å². The quantitative estimate of drug-likeness (QED) is 0.898. The van der Waals surface area contributed by atoms with E-state index in [1.165, 1.54) is 6.42 Å². The van der Waals surface area contributed by atoms with Crippen molar-refractivity contribution in [1.82, 2.24) is 15.2 Å². The van der Waals surface area contributed by atoms with Gasteiger partial charge in [0.2, 0.25) is 0 Å². The van der Waals surface area contributed by atoms with Gasteiger partial charge in [-0.15, -0.1) is 12.4 Å². The lowest BCUT2D eigenvalue weighted by atomic mass is 9.93. The van der Waals surface area contributed by atoms with Gasteiger partial charge in [-0.2, -0.15) is 0 Å². The van der Waals surface area contributed by atoms with Gasteiger partial charge >= 0.3 is 0 Å². The van der Waals surface area contributed by atoms with Gasteiger partial charge in [-0.25, -0.2) is 0 Å². The van der Waals surface area contributed by atoms with Crippen molar-refractivity contribution in [2.24, 2.45) is 5.92 Å². The molecule has 1 saturated heterocycles. The normalized spacial score (nSPS) is 16.2. The van der Waals surface area contributed by atoms with Crippen LogP contribution in [0.5, 0.6) is 0 Å². The molecule has 2 heterocycles. The number of halogens is 2. The fraction of sp³-hybridized carbons (Fsp3) is 0.615. The Kier molecular flexibility index (Phi) is 6.69. The van der Waals surface area contributed by atoms with Crippen LogP contribution in [0.4, 0.5) is 0 Å². The zero-order chi connectivity index (χ0) is 13.0. The van der Waals surface area contributed by atoms with Crippen molar-refractivity contribution in [2.45, 2.75) is 19.3 Å². The number of piperidine rings is 1. The molecule has 1 aromatic heterocycles. The third-order valence-corrected chi connectivity index (χ3v) is 3.80. The van der Waals surface area contributed by atoms with Gasteiger partial charge in [0.15, 0.2) is 0 Å². The van der Waals surface area contributed by atoms with Gasteiger partial charge < -0.3 is 15.2 Å². The van der Waals surface area contributed by atoms with Gasteiger partial charge in [0.05, 0.1) is 5.02 Å². The van der Waals surface area contributed by atoms with Gasteiger partial charge in [-0.3, -0.25) is 4.79 Å². The second-order valence-corrected chi connectivity index (χ2v) is 5.30. The number of carbonyl (C=O) groups is 1. The summed E-state index contributed by atoms with van der Waals surface area (Å²) in [5, 5.41) is 3.76. The Bertz CT molecular complexity index is 400. The molecule has 1 aromatic rings. The fourth-order valence-corrected chi connectivity index (χ4v) is 2.60. The van der Waals surface area contributed by atoms with E-state index in [0.29, 0.717) is 10.7 Å². The first-order valence-corrected chi connectivity index (χ1v) is 6.86.